The second-order valence-corrected chi connectivity index (χ2v) is 3.72. The molecule has 2 N–H and O–H groups in total. The number of ether oxygens (including phenoxy) is 1. The van der Waals surface area contributed by atoms with E-state index in [4.69, 9.17) is 10.5 Å². The molecule has 0 saturated heterocycles. The van der Waals surface area contributed by atoms with Gasteiger partial charge in [-0.1, -0.05) is 12.1 Å². The van der Waals surface area contributed by atoms with E-state index in [9.17, 15) is 9.18 Å². The fourth-order valence-electron chi connectivity index (χ4n) is 1.56. The smallest absolute Gasteiger partial charge is 0.269 e. The summed E-state index contributed by atoms with van der Waals surface area (Å²) in [7, 11) is 1.38. The summed E-state index contributed by atoms with van der Waals surface area (Å²) in [5.74, 6) is -0.360. The lowest BCUT2D eigenvalue weighted by Crippen LogP contribution is -2.23. The highest BCUT2D eigenvalue weighted by molar-refractivity contribution is 5.33. The van der Waals surface area contributed by atoms with Gasteiger partial charge in [0.25, 0.3) is 5.56 Å². The molecule has 94 valence electrons. The van der Waals surface area contributed by atoms with Crippen LogP contribution in [0.15, 0.2) is 35.3 Å². The van der Waals surface area contributed by atoms with Crippen molar-refractivity contribution in [1.29, 1.82) is 0 Å². The molecule has 1 aromatic heterocycles. The molecule has 1 heterocycles. The Morgan fingerprint density at radius 1 is 1.50 bits per heavy atom. The third-order valence-electron chi connectivity index (χ3n) is 2.47. The van der Waals surface area contributed by atoms with E-state index < -0.39 is 5.82 Å². The number of hydrogen-bond donors (Lipinski definition) is 1. The van der Waals surface area contributed by atoms with Crippen LogP contribution in [-0.4, -0.2) is 16.9 Å². The predicted molar refractivity (Wildman–Crippen MR) is 65.0 cm³/mol. The molecule has 18 heavy (non-hydrogen) atoms. The standard InChI is InChI=1S/C12H12FN3O2/c1-18-10-4-2-3-8(12(10)13)7-16-11(17)5-9(14)6-15-16/h2-6H,7,14H2,1H3. The molecule has 6 heteroatoms. The first kappa shape index (κ1) is 12.1. The number of halogens is 1. The van der Waals surface area contributed by atoms with Gasteiger partial charge in [0.1, 0.15) is 0 Å². The van der Waals surface area contributed by atoms with Crippen molar-refractivity contribution in [2.24, 2.45) is 0 Å². The molecule has 0 spiro atoms. The van der Waals surface area contributed by atoms with Crippen molar-refractivity contribution >= 4 is 5.69 Å². The lowest BCUT2D eigenvalue weighted by Gasteiger charge is -2.08. The summed E-state index contributed by atoms with van der Waals surface area (Å²) in [5, 5.41) is 3.84. The summed E-state index contributed by atoms with van der Waals surface area (Å²) in [5.41, 5.74) is 5.66. The van der Waals surface area contributed by atoms with Crippen LogP contribution in [0.2, 0.25) is 0 Å². The monoisotopic (exact) mass is 249 g/mol. The molecule has 0 aliphatic rings. The van der Waals surface area contributed by atoms with Crippen molar-refractivity contribution in [3.05, 3.63) is 52.2 Å². The zero-order valence-electron chi connectivity index (χ0n) is 9.76. The molecule has 5 nitrogen and oxygen atoms in total. The zero-order chi connectivity index (χ0) is 13.1. The first-order valence-corrected chi connectivity index (χ1v) is 5.26. The topological polar surface area (TPSA) is 70.1 Å². The van der Waals surface area contributed by atoms with Crippen molar-refractivity contribution in [3.8, 4) is 5.75 Å². The first-order valence-electron chi connectivity index (χ1n) is 5.26. The van der Waals surface area contributed by atoms with Gasteiger partial charge in [0.05, 0.1) is 25.5 Å². The van der Waals surface area contributed by atoms with Crippen LogP contribution in [0.1, 0.15) is 5.56 Å². The maximum absolute atomic E-state index is 13.9. The average Bonchev–Trinajstić information content (AvgIpc) is 2.35. The summed E-state index contributed by atoms with van der Waals surface area (Å²) in [4.78, 5) is 11.6. The van der Waals surface area contributed by atoms with Crippen LogP contribution < -0.4 is 16.0 Å². The number of nitrogens with zero attached hydrogens (tertiary/aromatic N) is 2. The Morgan fingerprint density at radius 3 is 2.94 bits per heavy atom. The minimum absolute atomic E-state index is 0.0299. The molecule has 0 unspecified atom stereocenters. The van der Waals surface area contributed by atoms with Gasteiger partial charge in [0.2, 0.25) is 0 Å². The van der Waals surface area contributed by atoms with Crippen molar-refractivity contribution in [1.82, 2.24) is 9.78 Å². The molecule has 0 saturated carbocycles. The van der Waals surface area contributed by atoms with Gasteiger partial charge in [0, 0.05) is 11.6 Å². The number of anilines is 1. The van der Waals surface area contributed by atoms with Crippen LogP contribution in [0.4, 0.5) is 10.1 Å². The molecule has 2 aromatic rings. The van der Waals surface area contributed by atoms with Crippen molar-refractivity contribution in [2.75, 3.05) is 12.8 Å². The number of nitrogens with two attached hydrogens (primary N) is 1. The van der Waals surface area contributed by atoms with Crippen molar-refractivity contribution in [2.45, 2.75) is 6.54 Å². The number of methoxy groups -OCH3 is 1. The lowest BCUT2D eigenvalue weighted by molar-refractivity contribution is 0.383. The van der Waals surface area contributed by atoms with Crippen LogP contribution in [-0.2, 0) is 6.54 Å². The Balaban J connectivity index is 2.37. The molecule has 0 aliphatic heterocycles. The van der Waals surface area contributed by atoms with Gasteiger partial charge in [-0.15, -0.1) is 0 Å². The molecule has 0 amide bonds. The SMILES string of the molecule is COc1cccc(Cn2ncc(N)cc2=O)c1F. The van der Waals surface area contributed by atoms with E-state index in [2.05, 4.69) is 5.10 Å². The Bertz CT molecular complexity index is 625. The Kier molecular flexibility index (Phi) is 3.27. The van der Waals surface area contributed by atoms with E-state index in [1.807, 2.05) is 0 Å². The van der Waals surface area contributed by atoms with Crippen molar-refractivity contribution in [3.63, 3.8) is 0 Å². The molecule has 0 fully saturated rings. The second-order valence-electron chi connectivity index (χ2n) is 3.72. The number of nitrogen functional groups attached to an aromatic ring is 1. The molecule has 0 bridgehead atoms. The van der Waals surface area contributed by atoms with Gasteiger partial charge < -0.3 is 10.5 Å². The summed E-state index contributed by atoms with van der Waals surface area (Å²) < 4.78 is 19.9. The third kappa shape index (κ3) is 2.32. The molecule has 2 rings (SSSR count). The summed E-state index contributed by atoms with van der Waals surface area (Å²) in [6.45, 7) is 0.0299. The minimum Gasteiger partial charge on any atom is -0.494 e. The van der Waals surface area contributed by atoms with Gasteiger partial charge in [0.15, 0.2) is 11.6 Å². The average molecular weight is 249 g/mol. The number of aromatic nitrogens is 2. The highest BCUT2D eigenvalue weighted by Gasteiger charge is 2.09. The Hall–Kier alpha value is -2.37. The Labute approximate surface area is 103 Å². The van der Waals surface area contributed by atoms with E-state index in [-0.39, 0.29) is 23.5 Å². The second kappa shape index (κ2) is 4.87. The summed E-state index contributed by atoms with van der Waals surface area (Å²) in [6.07, 6.45) is 1.35. The molecular weight excluding hydrogens is 237 g/mol. The van der Waals surface area contributed by atoms with Crippen LogP contribution in [0.25, 0.3) is 0 Å². The number of benzene rings is 1. The maximum Gasteiger partial charge on any atom is 0.269 e. The van der Waals surface area contributed by atoms with Gasteiger partial charge in [-0.2, -0.15) is 5.10 Å². The van der Waals surface area contributed by atoms with Gasteiger partial charge in [-0.25, -0.2) is 9.07 Å². The van der Waals surface area contributed by atoms with E-state index in [0.29, 0.717) is 5.56 Å². The zero-order valence-corrected chi connectivity index (χ0v) is 9.76. The maximum atomic E-state index is 13.9. The number of rotatable bonds is 3. The molecular formula is C12H12FN3O2. The minimum atomic E-state index is -0.495. The largest absolute Gasteiger partial charge is 0.494 e. The first-order chi connectivity index (χ1) is 8.61. The molecule has 0 radical (unpaired) electrons. The van der Waals surface area contributed by atoms with Gasteiger partial charge >= 0.3 is 0 Å². The molecule has 0 aliphatic carbocycles. The lowest BCUT2D eigenvalue weighted by atomic mass is 10.2. The summed E-state index contributed by atoms with van der Waals surface area (Å²) >= 11 is 0. The van der Waals surface area contributed by atoms with Crippen LogP contribution >= 0.6 is 0 Å². The van der Waals surface area contributed by atoms with Crippen LogP contribution in [0, 0.1) is 5.82 Å². The fraction of sp³-hybridized carbons (Fsp3) is 0.167. The predicted octanol–water partition coefficient (Wildman–Crippen LogP) is 1.02. The highest BCUT2D eigenvalue weighted by Crippen LogP contribution is 2.20. The number of hydrogen-bond acceptors (Lipinski definition) is 4. The highest BCUT2D eigenvalue weighted by atomic mass is 19.1. The van der Waals surface area contributed by atoms with E-state index >= 15 is 0 Å². The third-order valence-corrected chi connectivity index (χ3v) is 2.47. The quantitative estimate of drug-likeness (QED) is 0.881. The Morgan fingerprint density at radius 2 is 2.28 bits per heavy atom. The van der Waals surface area contributed by atoms with Crippen LogP contribution in [0.3, 0.4) is 0 Å². The van der Waals surface area contributed by atoms with Crippen molar-refractivity contribution < 1.29 is 9.13 Å². The fourth-order valence-corrected chi connectivity index (χ4v) is 1.56. The van der Waals surface area contributed by atoms with Gasteiger partial charge in [-0.05, 0) is 6.07 Å². The molecule has 1 aromatic carbocycles. The normalized spacial score (nSPS) is 10.3. The van der Waals surface area contributed by atoms with Gasteiger partial charge in [-0.3, -0.25) is 4.79 Å². The molecule has 0 atom stereocenters. The van der Waals surface area contributed by atoms with E-state index in [0.717, 1.165) is 4.68 Å². The van der Waals surface area contributed by atoms with Crippen LogP contribution in [0.5, 0.6) is 5.75 Å². The summed E-state index contributed by atoms with van der Waals surface area (Å²) in [6, 6.07) is 5.98. The van der Waals surface area contributed by atoms with E-state index in [1.165, 1.54) is 25.4 Å². The van der Waals surface area contributed by atoms with E-state index in [1.54, 1.807) is 12.1 Å².